The summed E-state index contributed by atoms with van der Waals surface area (Å²) in [6.07, 6.45) is 0. The number of carbonyl (C=O) groups is 1. The molecular weight excluding hydrogens is 404 g/mol. The zero-order valence-electron chi connectivity index (χ0n) is 14.9. The molecule has 1 amide bonds. The maximum atomic E-state index is 12.7. The fourth-order valence-corrected chi connectivity index (χ4v) is 5.44. The van der Waals surface area contributed by atoms with Gasteiger partial charge in [0.05, 0.1) is 10.1 Å². The van der Waals surface area contributed by atoms with Crippen LogP contribution in [0.4, 0.5) is 0 Å². The molecule has 5 nitrogen and oxygen atoms in total. The van der Waals surface area contributed by atoms with Gasteiger partial charge >= 0.3 is 0 Å². The number of sulfonamides is 1. The van der Waals surface area contributed by atoms with E-state index in [0.29, 0.717) is 31.2 Å². The highest BCUT2D eigenvalue weighted by Gasteiger charge is 2.31. The Morgan fingerprint density at radius 2 is 1.59 bits per heavy atom. The molecule has 1 aliphatic heterocycles. The van der Waals surface area contributed by atoms with E-state index >= 15 is 0 Å². The lowest BCUT2D eigenvalue weighted by Crippen LogP contribution is -2.52. The van der Waals surface area contributed by atoms with Gasteiger partial charge in [-0.15, -0.1) is 11.8 Å². The monoisotopic (exact) mass is 424 g/mol. The molecule has 3 rings (SSSR count). The van der Waals surface area contributed by atoms with Gasteiger partial charge in [0.15, 0.2) is 0 Å². The van der Waals surface area contributed by atoms with Gasteiger partial charge in [-0.2, -0.15) is 4.31 Å². The average Bonchev–Trinajstić information content (AvgIpc) is 2.68. The molecule has 8 heteroatoms. The summed E-state index contributed by atoms with van der Waals surface area (Å²) >= 11 is 7.35. The Hall–Kier alpha value is -1.54. The van der Waals surface area contributed by atoms with Gasteiger partial charge in [0.25, 0.3) is 0 Å². The maximum Gasteiger partial charge on any atom is 0.243 e. The first-order valence-corrected chi connectivity index (χ1v) is 11.3. The SMILES string of the molecule is C[C@H](Sc1ccccc1)C(=O)N1CCN(S(=O)(=O)c2ccc(Cl)cc2)CC1. The molecule has 0 aliphatic carbocycles. The normalized spacial score (nSPS) is 16.9. The topological polar surface area (TPSA) is 57.7 Å². The largest absolute Gasteiger partial charge is 0.339 e. The first-order chi connectivity index (χ1) is 12.9. The van der Waals surface area contributed by atoms with E-state index in [9.17, 15) is 13.2 Å². The highest BCUT2D eigenvalue weighted by Crippen LogP contribution is 2.25. The van der Waals surface area contributed by atoms with Gasteiger partial charge in [0, 0.05) is 36.1 Å². The Bertz CT molecular complexity index is 881. The lowest BCUT2D eigenvalue weighted by molar-refractivity contribution is -0.131. The highest BCUT2D eigenvalue weighted by molar-refractivity contribution is 8.00. The van der Waals surface area contributed by atoms with Crippen molar-refractivity contribution in [2.75, 3.05) is 26.2 Å². The van der Waals surface area contributed by atoms with E-state index in [-0.39, 0.29) is 16.1 Å². The fraction of sp³-hybridized carbons (Fsp3) is 0.316. The number of benzene rings is 2. The van der Waals surface area contributed by atoms with E-state index in [1.54, 1.807) is 17.0 Å². The summed E-state index contributed by atoms with van der Waals surface area (Å²) in [5, 5.41) is 0.279. The molecule has 0 radical (unpaired) electrons. The van der Waals surface area contributed by atoms with Crippen molar-refractivity contribution >= 4 is 39.3 Å². The summed E-state index contributed by atoms with van der Waals surface area (Å²) in [5.74, 6) is 0.0346. The smallest absolute Gasteiger partial charge is 0.243 e. The van der Waals surface area contributed by atoms with E-state index in [0.717, 1.165) is 4.90 Å². The minimum absolute atomic E-state index is 0.0346. The van der Waals surface area contributed by atoms with Crippen LogP contribution in [0.2, 0.25) is 5.02 Å². The molecule has 1 aliphatic rings. The molecule has 0 spiro atoms. The van der Waals surface area contributed by atoms with Crippen molar-refractivity contribution in [3.8, 4) is 0 Å². The molecular formula is C19H21ClN2O3S2. The standard InChI is InChI=1S/C19H21ClN2O3S2/c1-15(26-17-5-3-2-4-6-17)19(23)21-11-13-22(14-12-21)27(24,25)18-9-7-16(20)8-10-18/h2-10,15H,11-14H2,1H3/t15-/m0/s1. The predicted molar refractivity (Wildman–Crippen MR) is 109 cm³/mol. The minimum Gasteiger partial charge on any atom is -0.339 e. The number of amides is 1. The van der Waals surface area contributed by atoms with Gasteiger partial charge in [-0.3, -0.25) is 4.79 Å². The maximum absolute atomic E-state index is 12.7. The molecule has 1 heterocycles. The van der Waals surface area contributed by atoms with Crippen molar-refractivity contribution in [1.82, 2.24) is 9.21 Å². The van der Waals surface area contributed by atoms with E-state index in [4.69, 9.17) is 11.6 Å². The van der Waals surface area contributed by atoms with Gasteiger partial charge < -0.3 is 4.90 Å². The number of hydrogen-bond acceptors (Lipinski definition) is 4. The van der Waals surface area contributed by atoms with Crippen LogP contribution in [-0.4, -0.2) is 55.0 Å². The van der Waals surface area contributed by atoms with Crippen molar-refractivity contribution in [2.45, 2.75) is 22.0 Å². The van der Waals surface area contributed by atoms with Crippen LogP contribution >= 0.6 is 23.4 Å². The van der Waals surface area contributed by atoms with Gasteiger partial charge in [-0.25, -0.2) is 8.42 Å². The van der Waals surface area contributed by atoms with Crippen LogP contribution in [0.15, 0.2) is 64.4 Å². The summed E-state index contributed by atoms with van der Waals surface area (Å²) in [6.45, 7) is 3.26. The Kier molecular flexibility index (Phi) is 6.47. The second kappa shape index (κ2) is 8.65. The van der Waals surface area contributed by atoms with E-state index in [1.807, 2.05) is 37.3 Å². The Balaban J connectivity index is 1.59. The number of thioether (sulfide) groups is 1. The van der Waals surface area contributed by atoms with Crippen LogP contribution in [0.25, 0.3) is 0 Å². The van der Waals surface area contributed by atoms with E-state index in [2.05, 4.69) is 0 Å². The number of halogens is 1. The second-order valence-electron chi connectivity index (χ2n) is 6.26. The first kappa shape index (κ1) is 20.2. The summed E-state index contributed by atoms with van der Waals surface area (Å²) in [4.78, 5) is 15.7. The Morgan fingerprint density at radius 3 is 2.19 bits per heavy atom. The molecule has 0 N–H and O–H groups in total. The summed E-state index contributed by atoms with van der Waals surface area (Å²) < 4.78 is 26.9. The number of nitrogens with zero attached hydrogens (tertiary/aromatic N) is 2. The molecule has 0 saturated carbocycles. The number of carbonyl (C=O) groups excluding carboxylic acids is 1. The molecule has 1 atom stereocenters. The third kappa shape index (κ3) is 4.85. The van der Waals surface area contributed by atoms with Crippen LogP contribution in [0.1, 0.15) is 6.92 Å². The van der Waals surface area contributed by atoms with Crippen LogP contribution in [-0.2, 0) is 14.8 Å². The van der Waals surface area contributed by atoms with Crippen molar-refractivity contribution in [2.24, 2.45) is 0 Å². The molecule has 2 aromatic carbocycles. The summed E-state index contributed by atoms with van der Waals surface area (Å²) in [5.41, 5.74) is 0. The number of hydrogen-bond donors (Lipinski definition) is 0. The van der Waals surface area contributed by atoms with Crippen LogP contribution in [0.5, 0.6) is 0 Å². The van der Waals surface area contributed by atoms with Gasteiger partial charge in [0.2, 0.25) is 15.9 Å². The van der Waals surface area contributed by atoms with E-state index in [1.165, 1.54) is 28.2 Å². The zero-order valence-corrected chi connectivity index (χ0v) is 17.3. The number of piperazine rings is 1. The first-order valence-electron chi connectivity index (χ1n) is 8.64. The van der Waals surface area contributed by atoms with Crippen molar-refractivity contribution < 1.29 is 13.2 Å². The Morgan fingerprint density at radius 1 is 1.00 bits per heavy atom. The molecule has 0 aromatic heterocycles. The predicted octanol–water partition coefficient (Wildman–Crippen LogP) is 3.35. The molecule has 0 bridgehead atoms. The summed E-state index contributed by atoms with van der Waals surface area (Å²) in [6, 6.07) is 15.9. The Labute approximate surface area is 169 Å². The minimum atomic E-state index is -3.57. The molecule has 2 aromatic rings. The van der Waals surface area contributed by atoms with Crippen molar-refractivity contribution in [1.29, 1.82) is 0 Å². The molecule has 144 valence electrons. The lowest BCUT2D eigenvalue weighted by Gasteiger charge is -2.35. The van der Waals surface area contributed by atoms with Gasteiger partial charge in [0.1, 0.15) is 0 Å². The molecule has 1 saturated heterocycles. The third-order valence-corrected chi connectivity index (χ3v) is 7.67. The van der Waals surface area contributed by atoms with Crippen LogP contribution in [0, 0.1) is 0 Å². The fourth-order valence-electron chi connectivity index (χ4n) is 2.92. The van der Waals surface area contributed by atoms with Crippen LogP contribution in [0.3, 0.4) is 0 Å². The van der Waals surface area contributed by atoms with E-state index < -0.39 is 10.0 Å². The van der Waals surface area contributed by atoms with Crippen molar-refractivity contribution in [3.63, 3.8) is 0 Å². The molecule has 0 unspecified atom stereocenters. The average molecular weight is 425 g/mol. The van der Waals surface area contributed by atoms with Gasteiger partial charge in [-0.05, 0) is 43.3 Å². The quantitative estimate of drug-likeness (QED) is 0.690. The lowest BCUT2D eigenvalue weighted by atomic mass is 10.3. The second-order valence-corrected chi connectivity index (χ2v) is 10.0. The molecule has 27 heavy (non-hydrogen) atoms. The number of rotatable bonds is 5. The third-order valence-electron chi connectivity index (χ3n) is 4.41. The van der Waals surface area contributed by atoms with Crippen LogP contribution < -0.4 is 0 Å². The highest BCUT2D eigenvalue weighted by atomic mass is 35.5. The van der Waals surface area contributed by atoms with Gasteiger partial charge in [-0.1, -0.05) is 29.8 Å². The zero-order chi connectivity index (χ0) is 19.4. The van der Waals surface area contributed by atoms with Crippen molar-refractivity contribution in [3.05, 3.63) is 59.6 Å². The molecule has 1 fully saturated rings. The summed E-state index contributed by atoms with van der Waals surface area (Å²) in [7, 11) is -3.57.